The molecule has 0 aromatic carbocycles. The lowest BCUT2D eigenvalue weighted by Crippen LogP contribution is -2.26. The number of hydrogen-bond donors (Lipinski definition) is 0. The van der Waals surface area contributed by atoms with Gasteiger partial charge in [-0.05, 0) is 25.7 Å². The van der Waals surface area contributed by atoms with Crippen molar-refractivity contribution >= 4 is 11.9 Å². The summed E-state index contributed by atoms with van der Waals surface area (Å²) in [5, 5.41) is 0. The van der Waals surface area contributed by atoms with Gasteiger partial charge in [-0.15, -0.1) is 0 Å². The molecule has 0 aliphatic heterocycles. The van der Waals surface area contributed by atoms with Crippen molar-refractivity contribution in [1.29, 1.82) is 0 Å². The Bertz CT molecular complexity index is 311. The molecule has 0 heterocycles. The molecule has 0 fully saturated rings. The number of esters is 2. The number of ether oxygens (including phenoxy) is 1. The van der Waals surface area contributed by atoms with Gasteiger partial charge in [0.05, 0.1) is 11.8 Å². The Kier molecular flexibility index (Phi) is 17.9. The summed E-state index contributed by atoms with van der Waals surface area (Å²) in [4.78, 5) is 25.3. The summed E-state index contributed by atoms with van der Waals surface area (Å²) in [6, 6.07) is 0. The van der Waals surface area contributed by atoms with E-state index in [1.807, 2.05) is 0 Å². The molecule has 0 rings (SSSR count). The van der Waals surface area contributed by atoms with Gasteiger partial charge in [-0.2, -0.15) is 0 Å². The van der Waals surface area contributed by atoms with Crippen molar-refractivity contribution in [3.8, 4) is 0 Å². The Labute approximate surface area is 169 Å². The molecule has 0 aliphatic rings. The summed E-state index contributed by atoms with van der Waals surface area (Å²) in [5.74, 6) is -0.718. The van der Waals surface area contributed by atoms with Crippen LogP contribution in [-0.2, 0) is 14.3 Å². The molecule has 0 saturated carbocycles. The highest BCUT2D eigenvalue weighted by Crippen LogP contribution is 2.23. The van der Waals surface area contributed by atoms with Gasteiger partial charge in [0.1, 0.15) is 0 Å². The van der Waals surface area contributed by atoms with Crippen LogP contribution in [0.4, 0.5) is 0 Å². The number of hydrogen-bond acceptors (Lipinski definition) is 3. The summed E-state index contributed by atoms with van der Waals surface area (Å²) in [6.45, 7) is 8.69. The molecular weight excluding hydrogens is 336 g/mol. The summed E-state index contributed by atoms with van der Waals surface area (Å²) in [5.41, 5.74) is 0. The van der Waals surface area contributed by atoms with Gasteiger partial charge in [-0.1, -0.05) is 105 Å². The van der Waals surface area contributed by atoms with E-state index >= 15 is 0 Å². The van der Waals surface area contributed by atoms with Crippen molar-refractivity contribution < 1.29 is 14.3 Å². The van der Waals surface area contributed by atoms with Crippen molar-refractivity contribution in [3.63, 3.8) is 0 Å². The van der Waals surface area contributed by atoms with Gasteiger partial charge in [0, 0.05) is 0 Å². The maximum Gasteiger partial charge on any atom is 0.316 e. The Balaban J connectivity index is 4.68. The van der Waals surface area contributed by atoms with Crippen LogP contribution in [0.1, 0.15) is 130 Å². The number of rotatable bonds is 18. The Hall–Kier alpha value is -0.860. The van der Waals surface area contributed by atoms with E-state index in [1.165, 1.54) is 0 Å². The zero-order valence-electron chi connectivity index (χ0n) is 18.7. The first-order chi connectivity index (χ1) is 13.1. The van der Waals surface area contributed by atoms with Gasteiger partial charge in [-0.3, -0.25) is 9.59 Å². The SMILES string of the molecule is CCCCCC(CCCCC)C(=O)OC(=O)C(CCCCC)CCCCC. The fourth-order valence-corrected chi connectivity index (χ4v) is 3.59. The van der Waals surface area contributed by atoms with Gasteiger partial charge in [0.15, 0.2) is 0 Å². The van der Waals surface area contributed by atoms with Gasteiger partial charge in [0.2, 0.25) is 0 Å². The molecule has 160 valence electrons. The van der Waals surface area contributed by atoms with Crippen LogP contribution in [0.5, 0.6) is 0 Å². The molecule has 0 aromatic rings. The molecule has 0 aromatic heterocycles. The lowest BCUT2D eigenvalue weighted by atomic mass is 9.94. The van der Waals surface area contributed by atoms with Gasteiger partial charge >= 0.3 is 11.9 Å². The second-order valence-electron chi connectivity index (χ2n) is 8.12. The quantitative estimate of drug-likeness (QED) is 0.139. The van der Waals surface area contributed by atoms with Crippen LogP contribution < -0.4 is 0 Å². The minimum Gasteiger partial charge on any atom is -0.393 e. The third-order valence-corrected chi connectivity index (χ3v) is 5.49. The molecule has 0 N–H and O–H groups in total. The summed E-state index contributed by atoms with van der Waals surface area (Å²) < 4.78 is 5.42. The maximum atomic E-state index is 12.7. The van der Waals surface area contributed by atoms with Gasteiger partial charge < -0.3 is 4.74 Å². The molecular formula is C24H46O3. The average Bonchev–Trinajstić information content (AvgIpc) is 2.65. The molecule has 3 heteroatoms. The fraction of sp³-hybridized carbons (Fsp3) is 0.917. The molecule has 0 atom stereocenters. The van der Waals surface area contributed by atoms with Crippen molar-refractivity contribution in [2.24, 2.45) is 11.8 Å². The van der Waals surface area contributed by atoms with Crippen molar-refractivity contribution in [2.75, 3.05) is 0 Å². The largest absolute Gasteiger partial charge is 0.393 e. The van der Waals surface area contributed by atoms with Crippen LogP contribution in [0.3, 0.4) is 0 Å². The molecule has 27 heavy (non-hydrogen) atoms. The Morgan fingerprint density at radius 1 is 0.519 bits per heavy atom. The zero-order valence-corrected chi connectivity index (χ0v) is 18.7. The standard InChI is InChI=1S/C24H46O3/c1-5-9-13-17-21(18-14-10-6-2)23(25)27-24(26)22(19-15-11-7-3)20-16-12-8-4/h21-22H,5-20H2,1-4H3. The number of unbranched alkanes of at least 4 members (excludes halogenated alkanes) is 8. The lowest BCUT2D eigenvalue weighted by molar-refractivity contribution is -0.166. The van der Waals surface area contributed by atoms with Crippen LogP contribution in [0, 0.1) is 11.8 Å². The monoisotopic (exact) mass is 382 g/mol. The van der Waals surface area contributed by atoms with Crippen molar-refractivity contribution in [1.82, 2.24) is 0 Å². The minimum absolute atomic E-state index is 0.0982. The molecule has 0 saturated heterocycles. The van der Waals surface area contributed by atoms with Crippen LogP contribution in [0.25, 0.3) is 0 Å². The summed E-state index contributed by atoms with van der Waals surface area (Å²) >= 11 is 0. The van der Waals surface area contributed by atoms with Crippen LogP contribution in [-0.4, -0.2) is 11.9 Å². The lowest BCUT2D eigenvalue weighted by Gasteiger charge is -2.19. The Morgan fingerprint density at radius 3 is 1.00 bits per heavy atom. The second kappa shape index (κ2) is 18.5. The predicted molar refractivity (Wildman–Crippen MR) is 115 cm³/mol. The van der Waals surface area contributed by atoms with Crippen molar-refractivity contribution in [3.05, 3.63) is 0 Å². The minimum atomic E-state index is -0.261. The average molecular weight is 383 g/mol. The molecule has 0 radical (unpaired) electrons. The molecule has 0 spiro atoms. The van der Waals surface area contributed by atoms with Crippen LogP contribution in [0.15, 0.2) is 0 Å². The highest BCUT2D eigenvalue weighted by molar-refractivity contribution is 5.87. The highest BCUT2D eigenvalue weighted by Gasteiger charge is 2.26. The smallest absolute Gasteiger partial charge is 0.316 e. The van der Waals surface area contributed by atoms with E-state index in [0.29, 0.717) is 0 Å². The second-order valence-corrected chi connectivity index (χ2v) is 8.12. The maximum absolute atomic E-state index is 12.7. The molecule has 0 bridgehead atoms. The first-order valence-corrected chi connectivity index (χ1v) is 11.9. The van der Waals surface area contributed by atoms with E-state index in [9.17, 15) is 9.59 Å². The van der Waals surface area contributed by atoms with E-state index in [1.54, 1.807) is 0 Å². The molecule has 0 aliphatic carbocycles. The van der Waals surface area contributed by atoms with Gasteiger partial charge in [0.25, 0.3) is 0 Å². The summed E-state index contributed by atoms with van der Waals surface area (Å²) in [6.07, 6.45) is 16.8. The fourth-order valence-electron chi connectivity index (χ4n) is 3.59. The van der Waals surface area contributed by atoms with E-state index in [4.69, 9.17) is 4.74 Å². The number of carbonyl (C=O) groups is 2. The number of carbonyl (C=O) groups excluding carboxylic acids is 2. The van der Waals surface area contributed by atoms with Crippen LogP contribution >= 0.6 is 0 Å². The normalized spacial score (nSPS) is 11.3. The predicted octanol–water partition coefficient (Wildman–Crippen LogP) is 7.61. The topological polar surface area (TPSA) is 43.4 Å². The highest BCUT2D eigenvalue weighted by atomic mass is 16.6. The van der Waals surface area contributed by atoms with E-state index in [2.05, 4.69) is 27.7 Å². The molecule has 0 amide bonds. The first kappa shape index (κ1) is 26.1. The first-order valence-electron chi connectivity index (χ1n) is 11.9. The molecule has 3 nitrogen and oxygen atoms in total. The van der Waals surface area contributed by atoms with Crippen LogP contribution in [0.2, 0.25) is 0 Å². The van der Waals surface area contributed by atoms with Gasteiger partial charge in [-0.25, -0.2) is 0 Å². The Morgan fingerprint density at radius 2 is 0.778 bits per heavy atom. The van der Waals surface area contributed by atoms with E-state index in [0.717, 1.165) is 103 Å². The third-order valence-electron chi connectivity index (χ3n) is 5.49. The molecule has 0 unspecified atom stereocenters. The van der Waals surface area contributed by atoms with E-state index < -0.39 is 0 Å². The van der Waals surface area contributed by atoms with E-state index in [-0.39, 0.29) is 23.8 Å². The third kappa shape index (κ3) is 13.9. The van der Waals surface area contributed by atoms with Crippen molar-refractivity contribution in [2.45, 2.75) is 130 Å². The zero-order chi connectivity index (χ0) is 20.3. The summed E-state index contributed by atoms with van der Waals surface area (Å²) in [7, 11) is 0.